The van der Waals surface area contributed by atoms with E-state index in [2.05, 4.69) is 62.0 Å². The Morgan fingerprint density at radius 2 is 2.17 bits per heavy atom. The van der Waals surface area contributed by atoms with Gasteiger partial charge in [-0.15, -0.1) is 11.3 Å². The Hall–Kier alpha value is -1.98. The predicted molar refractivity (Wildman–Crippen MR) is 92.4 cm³/mol. The number of hydrogen-bond acceptors (Lipinski definition) is 4. The minimum atomic E-state index is 0.393. The van der Waals surface area contributed by atoms with Gasteiger partial charge in [0.1, 0.15) is 0 Å². The van der Waals surface area contributed by atoms with E-state index in [1.807, 2.05) is 5.51 Å². The molecule has 23 heavy (non-hydrogen) atoms. The van der Waals surface area contributed by atoms with E-state index in [9.17, 15) is 0 Å². The zero-order valence-corrected chi connectivity index (χ0v) is 13.8. The van der Waals surface area contributed by atoms with Gasteiger partial charge in [-0.3, -0.25) is 4.68 Å². The summed E-state index contributed by atoms with van der Waals surface area (Å²) in [7, 11) is 0. The number of aromatic nitrogens is 3. The highest BCUT2D eigenvalue weighted by atomic mass is 32.1. The number of hydrogen-bond donors (Lipinski definition) is 1. The maximum atomic E-state index is 4.65. The first-order valence-electron chi connectivity index (χ1n) is 8.09. The van der Waals surface area contributed by atoms with E-state index >= 15 is 0 Å². The Balaban J connectivity index is 1.50. The first-order chi connectivity index (χ1) is 11.4. The molecule has 0 fully saturated rings. The van der Waals surface area contributed by atoms with Crippen molar-refractivity contribution in [1.82, 2.24) is 20.1 Å². The zero-order chi connectivity index (χ0) is 15.5. The molecule has 0 aliphatic heterocycles. The summed E-state index contributed by atoms with van der Waals surface area (Å²) in [5.41, 5.74) is 7.06. The third-order valence-electron chi connectivity index (χ3n) is 4.45. The van der Waals surface area contributed by atoms with E-state index in [0.29, 0.717) is 6.04 Å². The second kappa shape index (κ2) is 6.64. The van der Waals surface area contributed by atoms with Gasteiger partial charge in [-0.25, -0.2) is 4.98 Å². The van der Waals surface area contributed by atoms with Crippen LogP contribution in [0.5, 0.6) is 0 Å². The summed E-state index contributed by atoms with van der Waals surface area (Å²) in [6.45, 7) is 1.69. The van der Waals surface area contributed by atoms with Crippen LogP contribution in [0.2, 0.25) is 0 Å². The number of nitrogens with zero attached hydrogens (tertiary/aromatic N) is 3. The van der Waals surface area contributed by atoms with Crippen LogP contribution in [0.15, 0.2) is 47.4 Å². The van der Waals surface area contributed by atoms with Gasteiger partial charge in [-0.2, -0.15) is 5.10 Å². The Kier molecular flexibility index (Phi) is 4.22. The largest absolute Gasteiger partial charge is 0.304 e. The van der Waals surface area contributed by atoms with Crippen LogP contribution >= 0.6 is 11.3 Å². The lowest BCUT2D eigenvalue weighted by Gasteiger charge is -2.24. The first-order valence-corrected chi connectivity index (χ1v) is 9.03. The molecule has 1 aliphatic rings. The Morgan fingerprint density at radius 3 is 3.00 bits per heavy atom. The molecule has 0 radical (unpaired) electrons. The second-order valence-corrected chi connectivity index (χ2v) is 6.71. The van der Waals surface area contributed by atoms with Crippen LogP contribution in [0.3, 0.4) is 0 Å². The third kappa shape index (κ3) is 3.21. The van der Waals surface area contributed by atoms with Crippen molar-refractivity contribution < 1.29 is 0 Å². The van der Waals surface area contributed by atoms with E-state index in [-0.39, 0.29) is 0 Å². The molecule has 0 bridgehead atoms. The fraction of sp³-hybridized carbons (Fsp3) is 0.333. The lowest BCUT2D eigenvalue weighted by Crippen LogP contribution is -2.25. The van der Waals surface area contributed by atoms with Crippen molar-refractivity contribution >= 4 is 11.3 Å². The third-order valence-corrected chi connectivity index (χ3v) is 5.09. The highest BCUT2D eigenvalue weighted by molar-refractivity contribution is 7.07. The summed E-state index contributed by atoms with van der Waals surface area (Å²) in [6, 6.07) is 10.9. The fourth-order valence-electron chi connectivity index (χ4n) is 3.28. The summed E-state index contributed by atoms with van der Waals surface area (Å²) in [5, 5.41) is 10.4. The summed E-state index contributed by atoms with van der Waals surface area (Å²) in [4.78, 5) is 4.35. The smallest absolute Gasteiger partial charge is 0.0795 e. The number of benzene rings is 1. The molecule has 0 saturated carbocycles. The maximum Gasteiger partial charge on any atom is 0.0795 e. The van der Waals surface area contributed by atoms with E-state index in [1.165, 1.54) is 29.7 Å². The van der Waals surface area contributed by atoms with E-state index in [0.717, 1.165) is 25.2 Å². The highest BCUT2D eigenvalue weighted by Crippen LogP contribution is 2.30. The van der Waals surface area contributed by atoms with Gasteiger partial charge in [-0.1, -0.05) is 30.3 Å². The second-order valence-electron chi connectivity index (χ2n) is 6.00. The van der Waals surface area contributed by atoms with Crippen LogP contribution in [-0.2, 0) is 19.5 Å². The predicted octanol–water partition coefficient (Wildman–Crippen LogP) is 3.56. The lowest BCUT2D eigenvalue weighted by molar-refractivity contribution is 0.447. The maximum absolute atomic E-state index is 4.65. The van der Waals surface area contributed by atoms with E-state index < -0.39 is 0 Å². The molecule has 0 unspecified atom stereocenters. The molecule has 1 aromatic carbocycles. The molecule has 118 valence electrons. The van der Waals surface area contributed by atoms with Crippen molar-refractivity contribution in [3.63, 3.8) is 0 Å². The zero-order valence-electron chi connectivity index (χ0n) is 13.0. The Labute approximate surface area is 140 Å². The summed E-state index contributed by atoms with van der Waals surface area (Å²) in [5.74, 6) is 0. The minimum Gasteiger partial charge on any atom is -0.304 e. The van der Waals surface area contributed by atoms with Crippen LogP contribution in [0.4, 0.5) is 0 Å². The molecule has 1 aliphatic carbocycles. The molecule has 3 aromatic rings. The van der Waals surface area contributed by atoms with Gasteiger partial charge in [-0.05, 0) is 24.8 Å². The van der Waals surface area contributed by atoms with Gasteiger partial charge in [0.15, 0.2) is 0 Å². The molecule has 0 spiro atoms. The molecule has 5 heteroatoms. The average Bonchev–Trinajstić information content (AvgIpc) is 3.24. The highest BCUT2D eigenvalue weighted by Gasteiger charge is 2.24. The van der Waals surface area contributed by atoms with Crippen LogP contribution < -0.4 is 5.32 Å². The van der Waals surface area contributed by atoms with E-state index in [4.69, 9.17) is 0 Å². The SMILES string of the molecule is c1ccc(Cn2ncc3c2CCC[C@H]3NCc2cscn2)cc1. The lowest BCUT2D eigenvalue weighted by atomic mass is 9.93. The number of thiazole rings is 1. The molecule has 1 atom stereocenters. The average molecular weight is 324 g/mol. The monoisotopic (exact) mass is 324 g/mol. The van der Waals surface area contributed by atoms with Gasteiger partial charge < -0.3 is 5.32 Å². The van der Waals surface area contributed by atoms with Gasteiger partial charge in [0.05, 0.1) is 23.9 Å². The minimum absolute atomic E-state index is 0.393. The number of rotatable bonds is 5. The molecule has 0 amide bonds. The van der Waals surface area contributed by atoms with Crippen LogP contribution in [-0.4, -0.2) is 14.8 Å². The summed E-state index contributed by atoms with van der Waals surface area (Å²) < 4.78 is 2.17. The van der Waals surface area contributed by atoms with Crippen molar-refractivity contribution in [3.8, 4) is 0 Å². The van der Waals surface area contributed by atoms with E-state index in [1.54, 1.807) is 11.3 Å². The topological polar surface area (TPSA) is 42.7 Å². The molecule has 2 heterocycles. The number of fused-ring (bicyclic) bond motifs is 1. The standard InChI is InChI=1S/C18H20N4S/c1-2-5-14(6-3-1)11-22-18-8-4-7-17(16(18)10-21-22)19-9-15-12-23-13-20-15/h1-3,5-6,10,12-13,17,19H,4,7-9,11H2/t17-/m1/s1. The fourth-order valence-corrected chi connectivity index (χ4v) is 3.83. The van der Waals surface area contributed by atoms with Crippen LogP contribution in [0.1, 0.15) is 41.4 Å². The van der Waals surface area contributed by atoms with Crippen molar-refractivity contribution in [2.24, 2.45) is 0 Å². The van der Waals surface area contributed by atoms with Crippen molar-refractivity contribution in [2.75, 3.05) is 0 Å². The Bertz CT molecular complexity index is 749. The summed E-state index contributed by atoms with van der Waals surface area (Å²) in [6.07, 6.45) is 5.56. The number of nitrogens with one attached hydrogen (secondary N) is 1. The van der Waals surface area contributed by atoms with Crippen molar-refractivity contribution in [2.45, 2.75) is 38.4 Å². The van der Waals surface area contributed by atoms with Crippen molar-refractivity contribution in [3.05, 3.63) is 69.9 Å². The molecule has 2 aromatic heterocycles. The van der Waals surface area contributed by atoms with Crippen LogP contribution in [0.25, 0.3) is 0 Å². The molecule has 4 nitrogen and oxygen atoms in total. The van der Waals surface area contributed by atoms with Gasteiger partial charge in [0.2, 0.25) is 0 Å². The molecular weight excluding hydrogens is 304 g/mol. The van der Waals surface area contributed by atoms with Crippen LogP contribution in [0, 0.1) is 0 Å². The molecule has 0 saturated heterocycles. The summed E-state index contributed by atoms with van der Waals surface area (Å²) >= 11 is 1.65. The van der Waals surface area contributed by atoms with Gasteiger partial charge >= 0.3 is 0 Å². The quantitative estimate of drug-likeness (QED) is 0.780. The molecule has 4 rings (SSSR count). The van der Waals surface area contributed by atoms with Crippen molar-refractivity contribution in [1.29, 1.82) is 0 Å². The van der Waals surface area contributed by atoms with Gasteiger partial charge in [0.25, 0.3) is 0 Å². The first kappa shape index (κ1) is 14.6. The van der Waals surface area contributed by atoms with Gasteiger partial charge in [0, 0.05) is 29.2 Å². The molecule has 1 N–H and O–H groups in total. The Morgan fingerprint density at radius 1 is 1.26 bits per heavy atom. The molecular formula is C18H20N4S. The normalized spacial score (nSPS) is 17.1.